The van der Waals surface area contributed by atoms with Gasteiger partial charge in [0.05, 0.1) is 0 Å². The van der Waals surface area contributed by atoms with E-state index in [-0.39, 0.29) is 22.3 Å². The molecular weight excluding hydrogens is 468 g/mol. The molecule has 0 aromatic heterocycles. The summed E-state index contributed by atoms with van der Waals surface area (Å²) >= 11 is 0. The van der Waals surface area contributed by atoms with E-state index in [1.54, 1.807) is 0 Å². The van der Waals surface area contributed by atoms with E-state index in [1.807, 2.05) is 0 Å². The fourth-order valence-electron chi connectivity index (χ4n) is 4.11. The maximum atomic E-state index is 2.31. The molecule has 0 atom stereocenters. The minimum Gasteiger partial charge on any atom is -0.0776 e. The molecule has 0 aliphatic carbocycles. The van der Waals surface area contributed by atoms with E-state index in [9.17, 15) is 0 Å². The average Bonchev–Trinajstić information content (AvgIpc) is 2.84. The lowest BCUT2D eigenvalue weighted by atomic mass is 9.91. The second kappa shape index (κ2) is 20.5. The molecule has 0 aliphatic heterocycles. The summed E-state index contributed by atoms with van der Waals surface area (Å²) in [5, 5.41) is 0. The van der Waals surface area contributed by atoms with Gasteiger partial charge in [0.25, 0.3) is 0 Å². The van der Waals surface area contributed by atoms with E-state index in [0.29, 0.717) is 35.5 Å². The smallest absolute Gasteiger partial charge is 0.0216 e. The van der Waals surface area contributed by atoms with E-state index in [0.717, 1.165) is 0 Å². The zero-order chi connectivity index (χ0) is 27.4. The van der Waals surface area contributed by atoms with Crippen molar-refractivity contribution >= 4 is 0 Å². The predicted octanol–water partition coefficient (Wildman–Crippen LogP) is 13.7. The van der Waals surface area contributed by atoms with E-state index >= 15 is 0 Å². The van der Waals surface area contributed by atoms with Gasteiger partial charge >= 0.3 is 0 Å². The Hall–Kier alpha value is -2.34. The van der Waals surface area contributed by atoms with Gasteiger partial charge < -0.3 is 0 Å². The first kappa shape index (κ1) is 41.1. The van der Waals surface area contributed by atoms with Crippen LogP contribution < -0.4 is 0 Å². The lowest BCUT2D eigenvalue weighted by Gasteiger charge is -2.14. The second-order valence-corrected chi connectivity index (χ2v) is 11.9. The molecule has 0 heterocycles. The molecule has 0 spiro atoms. The third kappa shape index (κ3) is 14.6. The predicted molar refractivity (Wildman–Crippen MR) is 184 cm³/mol. The van der Waals surface area contributed by atoms with E-state index in [4.69, 9.17) is 0 Å². The molecule has 0 radical (unpaired) electrons. The van der Waals surface area contributed by atoms with Crippen LogP contribution >= 0.6 is 0 Å². The van der Waals surface area contributed by atoms with Crippen LogP contribution in [0.5, 0.6) is 0 Å². The van der Waals surface area contributed by atoms with E-state index in [2.05, 4.69) is 156 Å². The molecule has 0 heteroatoms. The monoisotopic (exact) mass is 535 g/mol. The minimum atomic E-state index is 0. The van der Waals surface area contributed by atoms with E-state index < -0.39 is 0 Å². The quantitative estimate of drug-likeness (QED) is 0.295. The Bertz CT molecular complexity index is 907. The highest BCUT2D eigenvalue weighted by atomic mass is 14.1. The van der Waals surface area contributed by atoms with Gasteiger partial charge in [-0.25, -0.2) is 0 Å². The van der Waals surface area contributed by atoms with Gasteiger partial charge in [0.2, 0.25) is 0 Å². The molecular formula is C39H66. The fourth-order valence-corrected chi connectivity index (χ4v) is 4.11. The van der Waals surface area contributed by atoms with Crippen molar-refractivity contribution in [3.63, 3.8) is 0 Å². The Labute approximate surface area is 246 Å². The molecule has 3 aromatic carbocycles. The molecule has 39 heavy (non-hydrogen) atoms. The van der Waals surface area contributed by atoms with E-state index in [1.165, 1.54) is 33.4 Å². The zero-order valence-electron chi connectivity index (χ0n) is 25.4. The highest BCUT2D eigenvalue weighted by molar-refractivity contribution is 5.32. The van der Waals surface area contributed by atoms with Gasteiger partial charge in [-0.3, -0.25) is 0 Å². The van der Waals surface area contributed by atoms with Crippen LogP contribution in [0, 0.1) is 0 Å². The highest BCUT2D eigenvalue weighted by Gasteiger charge is 2.07. The van der Waals surface area contributed by atoms with Gasteiger partial charge in [-0.15, -0.1) is 0 Å². The van der Waals surface area contributed by atoms with Crippen molar-refractivity contribution in [3.8, 4) is 0 Å². The van der Waals surface area contributed by atoms with Crippen LogP contribution in [0.3, 0.4) is 0 Å². The van der Waals surface area contributed by atoms with Gasteiger partial charge in [0.1, 0.15) is 0 Å². The van der Waals surface area contributed by atoms with Crippen LogP contribution in [-0.2, 0) is 0 Å². The molecule has 0 saturated carbocycles. The molecule has 0 aliphatic rings. The number of hydrogen-bond acceptors (Lipinski definition) is 0. The summed E-state index contributed by atoms with van der Waals surface area (Å²) in [5.41, 5.74) is 8.74. The first-order valence-electron chi connectivity index (χ1n) is 14.1. The maximum absolute atomic E-state index is 2.31. The summed E-state index contributed by atoms with van der Waals surface area (Å²) in [7, 11) is 0. The first-order valence-corrected chi connectivity index (χ1v) is 14.1. The van der Waals surface area contributed by atoms with Gasteiger partial charge in [-0.2, -0.15) is 0 Å². The summed E-state index contributed by atoms with van der Waals surface area (Å²) in [5.74, 6) is 3.86. The molecule has 3 rings (SSSR count). The third-order valence-electron chi connectivity index (χ3n) is 6.75. The summed E-state index contributed by atoms with van der Waals surface area (Å²) in [4.78, 5) is 0. The second-order valence-electron chi connectivity index (χ2n) is 11.9. The Kier molecular flexibility index (Phi) is 21.7. The molecule has 3 aromatic rings. The summed E-state index contributed by atoms with van der Waals surface area (Å²) < 4.78 is 0. The molecule has 0 fully saturated rings. The third-order valence-corrected chi connectivity index (χ3v) is 6.75. The van der Waals surface area contributed by atoms with Crippen LogP contribution in [0.4, 0.5) is 0 Å². The van der Waals surface area contributed by atoms with Gasteiger partial charge in [-0.05, 0) is 68.9 Å². The van der Waals surface area contributed by atoms with Gasteiger partial charge in [0, 0.05) is 0 Å². The van der Waals surface area contributed by atoms with Gasteiger partial charge in [0.15, 0.2) is 0 Å². The van der Waals surface area contributed by atoms with Crippen molar-refractivity contribution in [2.45, 2.75) is 141 Å². The lowest BCUT2D eigenvalue weighted by molar-refractivity contribution is 0.790. The van der Waals surface area contributed by atoms with Crippen LogP contribution in [0.1, 0.15) is 174 Å². The topological polar surface area (TPSA) is 0 Å². The number of rotatable bonds is 6. The molecule has 0 unspecified atom stereocenters. The van der Waals surface area contributed by atoms with Crippen LogP contribution in [0.25, 0.3) is 0 Å². The molecule has 0 amide bonds. The molecule has 0 bridgehead atoms. The normalized spacial score (nSPS) is 10.3. The molecule has 0 saturated heterocycles. The lowest BCUT2D eigenvalue weighted by Crippen LogP contribution is -1.97. The number of benzene rings is 3. The minimum absolute atomic E-state index is 0. The zero-order valence-corrected chi connectivity index (χ0v) is 25.4. The SMILES string of the molecule is C.C.C.CC(C)c1ccc(C(C)C)cc1.CC(C)c1cccc(C(C)C)c1.CC(C)c1ccccc1C(C)C. The van der Waals surface area contributed by atoms with Crippen molar-refractivity contribution < 1.29 is 0 Å². The van der Waals surface area contributed by atoms with Crippen molar-refractivity contribution in [2.24, 2.45) is 0 Å². The van der Waals surface area contributed by atoms with Crippen molar-refractivity contribution in [1.82, 2.24) is 0 Å². The number of hydrogen-bond donors (Lipinski definition) is 0. The van der Waals surface area contributed by atoms with Crippen LogP contribution in [0.2, 0.25) is 0 Å². The fraction of sp³-hybridized carbons (Fsp3) is 0.538. The summed E-state index contributed by atoms with van der Waals surface area (Å²) in [6.45, 7) is 26.9. The molecule has 0 nitrogen and oxygen atoms in total. The highest BCUT2D eigenvalue weighted by Crippen LogP contribution is 2.25. The average molecular weight is 535 g/mol. The largest absolute Gasteiger partial charge is 0.0776 e. The van der Waals surface area contributed by atoms with Crippen molar-refractivity contribution in [3.05, 3.63) is 106 Å². The molecule has 0 N–H and O–H groups in total. The standard InChI is InChI=1S/3C12H18.3CH4/c1-9(2)11-5-7-12(8-6-11)10(3)4;1-9(2)11-6-5-7-12(8-11)10(3)4;1-9(2)11-7-5-6-8-12(11)10(3)4;;;/h3*5-10H,1-4H3;3*1H4. The van der Waals surface area contributed by atoms with Crippen molar-refractivity contribution in [2.75, 3.05) is 0 Å². The Morgan fingerprint density at radius 2 is 0.590 bits per heavy atom. The maximum Gasteiger partial charge on any atom is -0.0216 e. The van der Waals surface area contributed by atoms with Crippen molar-refractivity contribution in [1.29, 1.82) is 0 Å². The van der Waals surface area contributed by atoms with Gasteiger partial charge in [-0.1, -0.05) is 178 Å². The summed E-state index contributed by atoms with van der Waals surface area (Å²) in [6, 6.07) is 26.6. The Morgan fingerprint density at radius 3 is 0.821 bits per heavy atom. The Balaban J connectivity index is -0.000000480. The van der Waals surface area contributed by atoms with Crippen LogP contribution in [-0.4, -0.2) is 0 Å². The molecule has 222 valence electrons. The first-order chi connectivity index (χ1) is 16.8. The Morgan fingerprint density at radius 1 is 0.308 bits per heavy atom. The van der Waals surface area contributed by atoms with Crippen LogP contribution in [0.15, 0.2) is 72.8 Å². The summed E-state index contributed by atoms with van der Waals surface area (Å²) in [6.07, 6.45) is 0.